The van der Waals surface area contributed by atoms with Gasteiger partial charge in [-0.05, 0) is 23.3 Å². The summed E-state index contributed by atoms with van der Waals surface area (Å²) in [6.45, 7) is 2.80. The molecule has 0 amide bonds. The van der Waals surface area contributed by atoms with E-state index in [1.807, 2.05) is 30.3 Å². The molecule has 0 spiro atoms. The highest BCUT2D eigenvalue weighted by atomic mass is 35.5. The van der Waals surface area contributed by atoms with Crippen LogP contribution in [0.1, 0.15) is 25.7 Å². The summed E-state index contributed by atoms with van der Waals surface area (Å²) < 4.78 is 11.1. The van der Waals surface area contributed by atoms with Gasteiger partial charge >= 0.3 is 0 Å². The van der Waals surface area contributed by atoms with Crippen molar-refractivity contribution in [2.45, 2.75) is 25.6 Å². The van der Waals surface area contributed by atoms with Gasteiger partial charge in [0, 0.05) is 0 Å². The van der Waals surface area contributed by atoms with Crippen molar-refractivity contribution < 1.29 is 9.26 Å². The van der Waals surface area contributed by atoms with Crippen molar-refractivity contribution in [2.75, 3.05) is 6.61 Å². The van der Waals surface area contributed by atoms with Crippen LogP contribution in [-0.2, 0) is 5.88 Å². The van der Waals surface area contributed by atoms with Crippen LogP contribution in [-0.4, -0.2) is 16.7 Å². The number of nitrogens with zero attached hydrogens (tertiary/aromatic N) is 2. The van der Waals surface area contributed by atoms with E-state index in [-0.39, 0.29) is 5.88 Å². The Kier molecular flexibility index (Phi) is 4.59. The first-order valence-electron chi connectivity index (χ1n) is 7.37. The zero-order valence-corrected chi connectivity index (χ0v) is 13.1. The molecule has 2 aromatic carbocycles. The maximum Gasteiger partial charge on any atom is 0.241 e. The maximum absolute atomic E-state index is 5.93. The van der Waals surface area contributed by atoms with Gasteiger partial charge in [0.05, 0.1) is 12.2 Å². The second-order valence-corrected chi connectivity index (χ2v) is 5.27. The van der Waals surface area contributed by atoms with Crippen LogP contribution in [0.25, 0.3) is 22.2 Å². The fourth-order valence-corrected chi connectivity index (χ4v) is 2.45. The standard InChI is InChI=1S/C17H17ClN2O2/c1-2-3-10-21-14-9-8-12-6-4-5-7-13(12)16(14)17-19-15(11-18)22-20-17/h4-9H,2-3,10-11H2,1H3. The third-order valence-electron chi connectivity index (χ3n) is 3.45. The van der Waals surface area contributed by atoms with Crippen LogP contribution in [0.4, 0.5) is 0 Å². The number of aromatic nitrogens is 2. The number of fused-ring (bicyclic) bond motifs is 1. The summed E-state index contributed by atoms with van der Waals surface area (Å²) in [4.78, 5) is 4.35. The third kappa shape index (κ3) is 2.92. The van der Waals surface area contributed by atoms with Gasteiger partial charge in [-0.25, -0.2) is 0 Å². The van der Waals surface area contributed by atoms with Crippen LogP contribution in [0, 0.1) is 0 Å². The summed E-state index contributed by atoms with van der Waals surface area (Å²) >= 11 is 5.76. The fraction of sp³-hybridized carbons (Fsp3) is 0.294. The highest BCUT2D eigenvalue weighted by Crippen LogP contribution is 2.35. The average Bonchev–Trinajstić information content (AvgIpc) is 3.03. The average molecular weight is 317 g/mol. The molecule has 0 saturated heterocycles. The minimum atomic E-state index is 0.198. The lowest BCUT2D eigenvalue weighted by Crippen LogP contribution is -1.99. The lowest BCUT2D eigenvalue weighted by Gasteiger charge is -2.11. The van der Waals surface area contributed by atoms with Gasteiger partial charge in [0.15, 0.2) is 0 Å². The summed E-state index contributed by atoms with van der Waals surface area (Å²) in [6.07, 6.45) is 2.09. The van der Waals surface area contributed by atoms with Crippen molar-refractivity contribution in [2.24, 2.45) is 0 Å². The zero-order valence-electron chi connectivity index (χ0n) is 12.4. The largest absolute Gasteiger partial charge is 0.493 e. The number of unbranched alkanes of at least 4 members (excludes halogenated alkanes) is 1. The molecule has 5 heteroatoms. The van der Waals surface area contributed by atoms with Gasteiger partial charge in [-0.2, -0.15) is 4.98 Å². The predicted octanol–water partition coefficient (Wildman–Crippen LogP) is 4.81. The van der Waals surface area contributed by atoms with Gasteiger partial charge in [-0.3, -0.25) is 0 Å². The lowest BCUT2D eigenvalue weighted by molar-refractivity contribution is 0.310. The topological polar surface area (TPSA) is 48.2 Å². The maximum atomic E-state index is 5.93. The molecule has 0 atom stereocenters. The van der Waals surface area contributed by atoms with E-state index in [9.17, 15) is 0 Å². The number of halogens is 1. The van der Waals surface area contributed by atoms with Crippen LogP contribution < -0.4 is 4.74 Å². The van der Waals surface area contributed by atoms with Crippen LogP contribution in [0.15, 0.2) is 40.9 Å². The number of hydrogen-bond acceptors (Lipinski definition) is 4. The Balaban J connectivity index is 2.11. The summed E-state index contributed by atoms with van der Waals surface area (Å²) in [7, 11) is 0. The number of alkyl halides is 1. The number of rotatable bonds is 6. The molecule has 0 aliphatic rings. The Morgan fingerprint density at radius 2 is 2.05 bits per heavy atom. The van der Waals surface area contributed by atoms with Crippen molar-refractivity contribution in [1.29, 1.82) is 0 Å². The highest BCUT2D eigenvalue weighted by Gasteiger charge is 2.17. The molecule has 1 heterocycles. The molecule has 22 heavy (non-hydrogen) atoms. The van der Waals surface area contributed by atoms with Crippen molar-refractivity contribution in [1.82, 2.24) is 10.1 Å². The molecule has 1 aromatic heterocycles. The Labute approximate surface area is 134 Å². The molecule has 0 radical (unpaired) electrons. The molecule has 3 rings (SSSR count). The van der Waals surface area contributed by atoms with E-state index < -0.39 is 0 Å². The van der Waals surface area contributed by atoms with Crippen molar-refractivity contribution in [3.05, 3.63) is 42.3 Å². The minimum Gasteiger partial charge on any atom is -0.493 e. The van der Waals surface area contributed by atoms with Gasteiger partial charge in [0.1, 0.15) is 11.6 Å². The summed E-state index contributed by atoms with van der Waals surface area (Å²) in [5.74, 6) is 1.89. The molecule has 0 saturated carbocycles. The highest BCUT2D eigenvalue weighted by molar-refractivity contribution is 6.16. The number of ether oxygens (including phenoxy) is 1. The van der Waals surface area contributed by atoms with E-state index in [4.69, 9.17) is 20.9 Å². The molecule has 3 aromatic rings. The minimum absolute atomic E-state index is 0.198. The predicted molar refractivity (Wildman–Crippen MR) is 87.2 cm³/mol. The van der Waals surface area contributed by atoms with Gasteiger partial charge in [0.2, 0.25) is 11.7 Å². The Morgan fingerprint density at radius 1 is 1.18 bits per heavy atom. The first-order valence-corrected chi connectivity index (χ1v) is 7.90. The van der Waals surface area contributed by atoms with Crippen LogP contribution in [0.3, 0.4) is 0 Å². The van der Waals surface area contributed by atoms with E-state index in [0.29, 0.717) is 18.3 Å². The molecule has 0 aliphatic carbocycles. The Bertz CT molecular complexity index is 770. The lowest BCUT2D eigenvalue weighted by atomic mass is 10.0. The van der Waals surface area contributed by atoms with Crippen molar-refractivity contribution in [3.8, 4) is 17.1 Å². The van der Waals surface area contributed by atoms with Gasteiger partial charge < -0.3 is 9.26 Å². The smallest absolute Gasteiger partial charge is 0.241 e. The number of benzene rings is 2. The van der Waals surface area contributed by atoms with Gasteiger partial charge in [-0.1, -0.05) is 48.8 Å². The van der Waals surface area contributed by atoms with Crippen molar-refractivity contribution in [3.63, 3.8) is 0 Å². The molecule has 0 bridgehead atoms. The van der Waals surface area contributed by atoms with Gasteiger partial charge in [-0.15, -0.1) is 11.6 Å². The first-order chi connectivity index (χ1) is 10.8. The second kappa shape index (κ2) is 6.79. The normalized spacial score (nSPS) is 11.0. The van der Waals surface area contributed by atoms with E-state index in [0.717, 1.165) is 34.9 Å². The third-order valence-corrected chi connectivity index (χ3v) is 3.68. The zero-order chi connectivity index (χ0) is 15.4. The van der Waals surface area contributed by atoms with Crippen LogP contribution in [0.5, 0.6) is 5.75 Å². The molecule has 0 N–H and O–H groups in total. The number of hydrogen-bond donors (Lipinski definition) is 0. The Morgan fingerprint density at radius 3 is 2.82 bits per heavy atom. The molecule has 4 nitrogen and oxygen atoms in total. The van der Waals surface area contributed by atoms with E-state index >= 15 is 0 Å². The first kappa shape index (κ1) is 14.9. The molecule has 0 aliphatic heterocycles. The molecule has 0 fully saturated rings. The summed E-state index contributed by atoms with van der Waals surface area (Å²) in [5.41, 5.74) is 0.856. The van der Waals surface area contributed by atoms with E-state index in [1.165, 1.54) is 0 Å². The Hall–Kier alpha value is -2.07. The van der Waals surface area contributed by atoms with E-state index in [2.05, 4.69) is 23.1 Å². The van der Waals surface area contributed by atoms with Gasteiger partial charge in [0.25, 0.3) is 0 Å². The molecular formula is C17H17ClN2O2. The molecular weight excluding hydrogens is 300 g/mol. The monoisotopic (exact) mass is 316 g/mol. The quantitative estimate of drug-likeness (QED) is 0.484. The summed E-state index contributed by atoms with van der Waals surface area (Å²) in [6, 6.07) is 12.1. The molecule has 114 valence electrons. The van der Waals surface area contributed by atoms with Crippen LogP contribution in [0.2, 0.25) is 0 Å². The fourth-order valence-electron chi connectivity index (χ4n) is 2.34. The second-order valence-electron chi connectivity index (χ2n) is 5.01. The summed E-state index contributed by atoms with van der Waals surface area (Å²) in [5, 5.41) is 6.19. The van der Waals surface area contributed by atoms with E-state index in [1.54, 1.807) is 0 Å². The van der Waals surface area contributed by atoms with Crippen molar-refractivity contribution >= 4 is 22.4 Å². The van der Waals surface area contributed by atoms with Crippen LogP contribution >= 0.6 is 11.6 Å². The SMILES string of the molecule is CCCCOc1ccc2ccccc2c1-c1noc(CCl)n1. The molecule has 0 unspecified atom stereocenters.